The quantitative estimate of drug-likeness (QED) is 0.268. The highest BCUT2D eigenvalue weighted by Gasteiger charge is 2.10. The molecule has 0 fully saturated rings. The second-order valence-corrected chi connectivity index (χ2v) is 7.97. The van der Waals surface area contributed by atoms with Gasteiger partial charge in [-0.25, -0.2) is 18.1 Å². The van der Waals surface area contributed by atoms with Crippen molar-refractivity contribution in [1.29, 1.82) is 0 Å². The van der Waals surface area contributed by atoms with Gasteiger partial charge in [0.25, 0.3) is 0 Å². The fourth-order valence-corrected chi connectivity index (χ4v) is 3.18. The smallest absolute Gasteiger partial charge is 0.240 e. The summed E-state index contributed by atoms with van der Waals surface area (Å²) < 4.78 is 25.8. The second kappa shape index (κ2) is 11.7. The molecule has 0 saturated carbocycles. The van der Waals surface area contributed by atoms with Crippen molar-refractivity contribution in [1.82, 2.24) is 14.9 Å². The minimum Gasteiger partial charge on any atom is -0.357 e. The minimum atomic E-state index is -3.40. The van der Waals surface area contributed by atoms with E-state index in [9.17, 15) is 8.42 Å². The Balaban J connectivity index is 2.66. The zero-order valence-corrected chi connectivity index (χ0v) is 17.0. The number of guanidine groups is 1. The van der Waals surface area contributed by atoms with E-state index < -0.39 is 10.0 Å². The fraction of sp³-hybridized carbons (Fsp3) is 0.526. The van der Waals surface area contributed by atoms with Crippen molar-refractivity contribution >= 4 is 16.0 Å². The Hall–Kier alpha value is -1.86. The number of hydrogen-bond donors (Lipinski definition) is 2. The van der Waals surface area contributed by atoms with Gasteiger partial charge in [0, 0.05) is 20.1 Å². The normalized spacial score (nSPS) is 12.0. The first-order valence-corrected chi connectivity index (χ1v) is 10.6. The molecule has 1 aromatic rings. The summed E-state index contributed by atoms with van der Waals surface area (Å²) in [6.45, 7) is 8.05. The number of allylic oxidation sites excluding steroid dienone is 1. The lowest BCUT2D eigenvalue weighted by Crippen LogP contribution is -2.39. The van der Waals surface area contributed by atoms with Crippen molar-refractivity contribution in [3.63, 3.8) is 0 Å². The van der Waals surface area contributed by atoms with E-state index in [1.165, 1.54) is 19.9 Å². The molecule has 0 radical (unpaired) electrons. The number of aliphatic imine (C=N–C) groups is 1. The molecule has 0 aliphatic rings. The lowest BCUT2D eigenvalue weighted by molar-refractivity contribution is 0.455. The van der Waals surface area contributed by atoms with Crippen LogP contribution in [0.3, 0.4) is 0 Å². The molecule has 26 heavy (non-hydrogen) atoms. The Bertz CT molecular complexity index is 669. The average Bonchev–Trinajstić information content (AvgIpc) is 2.65. The maximum absolute atomic E-state index is 11.8. The summed E-state index contributed by atoms with van der Waals surface area (Å²) in [5.74, 6) is 0.864. The third kappa shape index (κ3) is 7.58. The molecule has 0 amide bonds. The van der Waals surface area contributed by atoms with Crippen LogP contribution in [-0.2, 0) is 16.6 Å². The summed E-state index contributed by atoms with van der Waals surface area (Å²) >= 11 is 0. The molecular formula is C19H32N4O2S. The molecule has 0 saturated heterocycles. The molecule has 6 nitrogen and oxygen atoms in total. The first-order valence-electron chi connectivity index (χ1n) is 9.07. The van der Waals surface area contributed by atoms with E-state index in [0.29, 0.717) is 6.54 Å². The number of rotatable bonds is 11. The molecule has 7 heteroatoms. The summed E-state index contributed by atoms with van der Waals surface area (Å²) in [5.41, 5.74) is 0.967. The van der Waals surface area contributed by atoms with Crippen LogP contribution in [0.15, 0.2) is 46.8 Å². The standard InChI is InChI=1S/C19H32N4O2S/c1-5-7-8-9-10-15-23(4)19(21-6-2)22-16-17-11-13-18(14-12-17)26(24,25)20-3/h5,11-14,20H,1,6-10,15-16H2,2-4H3,(H,21,22). The van der Waals surface area contributed by atoms with Crippen LogP contribution in [-0.4, -0.2) is 46.5 Å². The lowest BCUT2D eigenvalue weighted by Gasteiger charge is -2.22. The maximum atomic E-state index is 11.8. The van der Waals surface area contributed by atoms with Crippen LogP contribution in [0.1, 0.15) is 38.2 Å². The highest BCUT2D eigenvalue weighted by Crippen LogP contribution is 2.11. The van der Waals surface area contributed by atoms with Crippen LogP contribution in [0.5, 0.6) is 0 Å². The van der Waals surface area contributed by atoms with Crippen molar-refractivity contribution < 1.29 is 8.42 Å². The van der Waals surface area contributed by atoms with Crippen LogP contribution < -0.4 is 10.0 Å². The average molecular weight is 381 g/mol. The molecule has 0 aliphatic heterocycles. The molecule has 0 heterocycles. The van der Waals surface area contributed by atoms with Gasteiger partial charge in [-0.2, -0.15) is 0 Å². The molecule has 1 rings (SSSR count). The number of unbranched alkanes of at least 4 members (excludes halogenated alkanes) is 3. The Kier molecular flexibility index (Phi) is 9.98. The summed E-state index contributed by atoms with van der Waals surface area (Å²) in [6, 6.07) is 6.80. The Morgan fingerprint density at radius 2 is 1.92 bits per heavy atom. The van der Waals surface area contributed by atoms with Crippen molar-refractivity contribution in [3.05, 3.63) is 42.5 Å². The van der Waals surface area contributed by atoms with E-state index in [0.717, 1.165) is 37.5 Å². The van der Waals surface area contributed by atoms with Crippen LogP contribution in [0.25, 0.3) is 0 Å². The summed E-state index contributed by atoms with van der Waals surface area (Å²) in [6.07, 6.45) is 6.49. The summed E-state index contributed by atoms with van der Waals surface area (Å²) in [5, 5.41) is 3.30. The van der Waals surface area contributed by atoms with Gasteiger partial charge in [0.15, 0.2) is 5.96 Å². The SMILES string of the molecule is C=CCCCCCN(C)C(=NCc1ccc(S(=O)(=O)NC)cc1)NCC. The van der Waals surface area contributed by atoms with E-state index in [-0.39, 0.29) is 4.90 Å². The number of sulfonamides is 1. The van der Waals surface area contributed by atoms with Crippen LogP contribution in [0, 0.1) is 0 Å². The van der Waals surface area contributed by atoms with E-state index in [4.69, 9.17) is 0 Å². The van der Waals surface area contributed by atoms with Gasteiger partial charge in [-0.3, -0.25) is 0 Å². The van der Waals surface area contributed by atoms with E-state index in [1.807, 2.05) is 20.0 Å². The summed E-state index contributed by atoms with van der Waals surface area (Å²) in [4.78, 5) is 7.06. The van der Waals surface area contributed by atoms with Crippen LogP contribution in [0.4, 0.5) is 0 Å². The molecule has 0 aromatic heterocycles. The molecule has 0 unspecified atom stereocenters. The highest BCUT2D eigenvalue weighted by molar-refractivity contribution is 7.89. The third-order valence-electron chi connectivity index (χ3n) is 4.01. The topological polar surface area (TPSA) is 73.8 Å². The van der Waals surface area contributed by atoms with Crippen molar-refractivity contribution in [2.45, 2.75) is 44.0 Å². The monoisotopic (exact) mass is 380 g/mol. The first kappa shape index (κ1) is 22.2. The molecular weight excluding hydrogens is 348 g/mol. The van der Waals surface area contributed by atoms with Crippen molar-refractivity contribution in [2.75, 3.05) is 27.2 Å². The minimum absolute atomic E-state index is 0.260. The van der Waals surface area contributed by atoms with Crippen LogP contribution >= 0.6 is 0 Å². The van der Waals surface area contributed by atoms with E-state index in [1.54, 1.807) is 24.3 Å². The van der Waals surface area contributed by atoms with Crippen molar-refractivity contribution in [2.24, 2.45) is 4.99 Å². The number of nitrogens with zero attached hydrogens (tertiary/aromatic N) is 2. The molecule has 2 N–H and O–H groups in total. The molecule has 0 spiro atoms. The number of benzene rings is 1. The van der Waals surface area contributed by atoms with Crippen molar-refractivity contribution in [3.8, 4) is 0 Å². The van der Waals surface area contributed by atoms with E-state index >= 15 is 0 Å². The molecule has 146 valence electrons. The van der Waals surface area contributed by atoms with Gasteiger partial charge in [-0.15, -0.1) is 6.58 Å². The molecule has 0 bridgehead atoms. The van der Waals surface area contributed by atoms with E-state index in [2.05, 4.69) is 26.5 Å². The van der Waals surface area contributed by atoms with Gasteiger partial charge in [0.05, 0.1) is 11.4 Å². The highest BCUT2D eigenvalue weighted by atomic mass is 32.2. The number of hydrogen-bond acceptors (Lipinski definition) is 3. The largest absolute Gasteiger partial charge is 0.357 e. The molecule has 0 aliphatic carbocycles. The number of nitrogens with one attached hydrogen (secondary N) is 2. The second-order valence-electron chi connectivity index (χ2n) is 6.08. The lowest BCUT2D eigenvalue weighted by atomic mass is 10.2. The zero-order chi connectivity index (χ0) is 19.4. The molecule has 1 aromatic carbocycles. The zero-order valence-electron chi connectivity index (χ0n) is 16.2. The maximum Gasteiger partial charge on any atom is 0.240 e. The van der Waals surface area contributed by atoms with Gasteiger partial charge < -0.3 is 10.2 Å². The molecule has 0 atom stereocenters. The van der Waals surface area contributed by atoms with Gasteiger partial charge >= 0.3 is 0 Å². The Morgan fingerprint density at radius 3 is 2.50 bits per heavy atom. The Morgan fingerprint density at radius 1 is 1.23 bits per heavy atom. The summed E-state index contributed by atoms with van der Waals surface area (Å²) in [7, 11) is 0.0476. The van der Waals surface area contributed by atoms with Crippen LogP contribution in [0.2, 0.25) is 0 Å². The van der Waals surface area contributed by atoms with Gasteiger partial charge in [-0.1, -0.05) is 24.6 Å². The third-order valence-corrected chi connectivity index (χ3v) is 5.44. The van der Waals surface area contributed by atoms with Gasteiger partial charge in [-0.05, 0) is 50.9 Å². The fourth-order valence-electron chi connectivity index (χ4n) is 2.45. The predicted octanol–water partition coefficient (Wildman–Crippen LogP) is 2.74. The first-order chi connectivity index (χ1) is 12.4. The predicted molar refractivity (Wildman–Crippen MR) is 109 cm³/mol. The Labute approximate surface area is 158 Å². The van der Waals surface area contributed by atoms with Gasteiger partial charge in [0.2, 0.25) is 10.0 Å². The van der Waals surface area contributed by atoms with Gasteiger partial charge in [0.1, 0.15) is 0 Å².